The van der Waals surface area contributed by atoms with Crippen LogP contribution in [0.2, 0.25) is 0 Å². The minimum absolute atomic E-state index is 0.00117. The third kappa shape index (κ3) is 4.63. The number of amides is 2. The monoisotopic (exact) mass is 395 g/mol. The number of likely N-dealkylation sites (tertiary alicyclic amines) is 1. The van der Waals surface area contributed by atoms with E-state index >= 15 is 0 Å². The number of benzene rings is 1. The van der Waals surface area contributed by atoms with Crippen LogP contribution < -0.4 is 15.4 Å². The molecule has 0 radical (unpaired) electrons. The zero-order valence-electron chi connectivity index (χ0n) is 14.2. The Morgan fingerprint density at radius 2 is 2.29 bits per heavy atom. The van der Waals surface area contributed by atoms with Crippen molar-refractivity contribution in [1.29, 1.82) is 0 Å². The van der Waals surface area contributed by atoms with Crippen LogP contribution in [0.3, 0.4) is 0 Å². The highest BCUT2D eigenvalue weighted by atomic mass is 79.9. The van der Waals surface area contributed by atoms with Crippen molar-refractivity contribution in [2.24, 2.45) is 5.92 Å². The summed E-state index contributed by atoms with van der Waals surface area (Å²) in [4.78, 5) is 14.7. The maximum atomic E-state index is 12.2. The van der Waals surface area contributed by atoms with Gasteiger partial charge in [-0.2, -0.15) is 0 Å². The average Bonchev–Trinajstić information content (AvgIpc) is 2.55. The molecule has 0 aliphatic carbocycles. The van der Waals surface area contributed by atoms with Gasteiger partial charge in [-0.15, -0.1) is 0 Å². The standard InChI is InChI=1S/C18H26BrN3O2/c1-13-3-2-8-22(12-13)9-7-20-18(23)21-16-6-10-24-17-5-4-14(19)11-15(16)17/h4-5,11,13,16H,2-3,6-10,12H2,1H3,(H2,20,21,23)/t13-,16+/m0/s1. The summed E-state index contributed by atoms with van der Waals surface area (Å²) < 4.78 is 6.66. The maximum absolute atomic E-state index is 12.2. The molecule has 2 aliphatic rings. The van der Waals surface area contributed by atoms with E-state index in [9.17, 15) is 4.79 Å². The number of piperidine rings is 1. The van der Waals surface area contributed by atoms with E-state index in [1.165, 1.54) is 12.8 Å². The maximum Gasteiger partial charge on any atom is 0.315 e. The summed E-state index contributed by atoms with van der Waals surface area (Å²) in [5, 5.41) is 6.07. The van der Waals surface area contributed by atoms with Gasteiger partial charge >= 0.3 is 6.03 Å². The Morgan fingerprint density at radius 3 is 3.12 bits per heavy atom. The summed E-state index contributed by atoms with van der Waals surface area (Å²) in [5.41, 5.74) is 1.04. The molecule has 0 unspecified atom stereocenters. The summed E-state index contributed by atoms with van der Waals surface area (Å²) in [6.07, 6.45) is 3.38. The highest BCUT2D eigenvalue weighted by Gasteiger charge is 2.23. The molecule has 6 heteroatoms. The molecule has 0 bridgehead atoms. The van der Waals surface area contributed by atoms with Gasteiger partial charge in [0.15, 0.2) is 0 Å². The molecule has 0 saturated carbocycles. The summed E-state index contributed by atoms with van der Waals surface area (Å²) in [7, 11) is 0. The number of halogens is 1. The number of nitrogens with zero attached hydrogens (tertiary/aromatic N) is 1. The fraction of sp³-hybridized carbons (Fsp3) is 0.611. The average molecular weight is 396 g/mol. The van der Waals surface area contributed by atoms with E-state index in [1.807, 2.05) is 18.2 Å². The van der Waals surface area contributed by atoms with E-state index in [0.29, 0.717) is 13.2 Å². The van der Waals surface area contributed by atoms with Crippen LogP contribution >= 0.6 is 15.9 Å². The normalized spacial score (nSPS) is 23.9. The molecule has 2 amide bonds. The van der Waals surface area contributed by atoms with Crippen LogP contribution in [-0.4, -0.2) is 43.7 Å². The molecule has 2 atom stereocenters. The first-order valence-corrected chi connectivity index (χ1v) is 9.60. The molecule has 2 aliphatic heterocycles. The number of fused-ring (bicyclic) bond motifs is 1. The summed E-state index contributed by atoms with van der Waals surface area (Å²) in [5.74, 6) is 1.63. The number of hydrogen-bond donors (Lipinski definition) is 2. The number of nitrogens with one attached hydrogen (secondary N) is 2. The lowest BCUT2D eigenvalue weighted by Gasteiger charge is -2.31. The highest BCUT2D eigenvalue weighted by Crippen LogP contribution is 2.33. The molecule has 1 fully saturated rings. The summed E-state index contributed by atoms with van der Waals surface area (Å²) in [6.45, 7) is 6.83. The molecule has 2 N–H and O–H groups in total. The molecule has 1 aromatic rings. The fourth-order valence-electron chi connectivity index (χ4n) is 3.54. The molecule has 5 nitrogen and oxygen atoms in total. The Kier molecular flexibility index (Phi) is 6.00. The van der Waals surface area contributed by atoms with Crippen LogP contribution in [0.5, 0.6) is 5.75 Å². The van der Waals surface area contributed by atoms with Crippen molar-refractivity contribution in [3.05, 3.63) is 28.2 Å². The van der Waals surface area contributed by atoms with Crippen molar-refractivity contribution < 1.29 is 9.53 Å². The molecule has 2 heterocycles. The molecule has 1 saturated heterocycles. The minimum Gasteiger partial charge on any atom is -0.493 e. The van der Waals surface area contributed by atoms with Crippen LogP contribution in [-0.2, 0) is 0 Å². The summed E-state index contributed by atoms with van der Waals surface area (Å²) in [6, 6.07) is 5.83. The zero-order chi connectivity index (χ0) is 16.9. The van der Waals surface area contributed by atoms with Crippen LogP contribution in [0.25, 0.3) is 0 Å². The largest absolute Gasteiger partial charge is 0.493 e. The number of hydrogen-bond acceptors (Lipinski definition) is 3. The Hall–Kier alpha value is -1.27. The Morgan fingerprint density at radius 1 is 1.42 bits per heavy atom. The van der Waals surface area contributed by atoms with Gasteiger partial charge in [0, 0.05) is 36.1 Å². The molecular weight excluding hydrogens is 370 g/mol. The predicted molar refractivity (Wildman–Crippen MR) is 98.4 cm³/mol. The molecule has 0 spiro atoms. The smallest absolute Gasteiger partial charge is 0.315 e. The van der Waals surface area contributed by atoms with Crippen molar-refractivity contribution in [2.75, 3.05) is 32.8 Å². The molecule has 0 aromatic heterocycles. The van der Waals surface area contributed by atoms with Gasteiger partial charge in [-0.25, -0.2) is 4.79 Å². The lowest BCUT2D eigenvalue weighted by molar-refractivity contribution is 0.183. The van der Waals surface area contributed by atoms with Crippen LogP contribution in [0, 0.1) is 5.92 Å². The Bertz CT molecular complexity index is 581. The lowest BCUT2D eigenvalue weighted by Crippen LogP contribution is -2.44. The first-order valence-electron chi connectivity index (χ1n) is 8.81. The first kappa shape index (κ1) is 17.5. The lowest BCUT2D eigenvalue weighted by atomic mass is 10.0. The van der Waals surface area contributed by atoms with Crippen LogP contribution in [0.1, 0.15) is 37.8 Å². The number of rotatable bonds is 4. The van der Waals surface area contributed by atoms with E-state index < -0.39 is 0 Å². The van der Waals surface area contributed by atoms with Crippen molar-refractivity contribution in [1.82, 2.24) is 15.5 Å². The number of carbonyl (C=O) groups excluding carboxylic acids is 1. The second-order valence-corrected chi connectivity index (χ2v) is 7.74. The molecule has 24 heavy (non-hydrogen) atoms. The predicted octanol–water partition coefficient (Wildman–Crippen LogP) is 3.30. The highest BCUT2D eigenvalue weighted by molar-refractivity contribution is 9.10. The van der Waals surface area contributed by atoms with E-state index in [-0.39, 0.29) is 12.1 Å². The third-order valence-corrected chi connectivity index (χ3v) is 5.26. The van der Waals surface area contributed by atoms with E-state index in [4.69, 9.17) is 4.74 Å². The van der Waals surface area contributed by atoms with Crippen molar-refractivity contribution in [3.8, 4) is 5.75 Å². The van der Waals surface area contributed by atoms with Gasteiger partial charge in [0.05, 0.1) is 12.6 Å². The Balaban J connectivity index is 1.46. The van der Waals surface area contributed by atoms with Crippen molar-refractivity contribution in [3.63, 3.8) is 0 Å². The topological polar surface area (TPSA) is 53.6 Å². The van der Waals surface area contributed by atoms with Crippen molar-refractivity contribution >= 4 is 22.0 Å². The van der Waals surface area contributed by atoms with E-state index in [2.05, 4.69) is 38.4 Å². The zero-order valence-corrected chi connectivity index (χ0v) is 15.8. The van der Waals surface area contributed by atoms with E-state index in [0.717, 1.165) is 47.8 Å². The molecule has 1 aromatic carbocycles. The SMILES string of the molecule is C[C@H]1CCCN(CCNC(=O)N[C@@H]2CCOc3ccc(Br)cc32)C1. The molecule has 132 valence electrons. The Labute approximate surface area is 152 Å². The number of carbonyl (C=O) groups is 1. The van der Waals surface area contributed by atoms with Crippen LogP contribution in [0.15, 0.2) is 22.7 Å². The van der Waals surface area contributed by atoms with Crippen LogP contribution in [0.4, 0.5) is 4.79 Å². The quantitative estimate of drug-likeness (QED) is 0.821. The van der Waals surface area contributed by atoms with Gasteiger partial charge < -0.3 is 20.3 Å². The van der Waals surface area contributed by atoms with Gasteiger partial charge in [-0.05, 0) is 43.5 Å². The molecular formula is C18H26BrN3O2. The second-order valence-electron chi connectivity index (χ2n) is 6.82. The van der Waals surface area contributed by atoms with Gasteiger partial charge in [-0.1, -0.05) is 22.9 Å². The van der Waals surface area contributed by atoms with Crippen molar-refractivity contribution in [2.45, 2.75) is 32.2 Å². The summed E-state index contributed by atoms with van der Waals surface area (Å²) >= 11 is 3.49. The minimum atomic E-state index is -0.0992. The number of urea groups is 1. The van der Waals surface area contributed by atoms with Gasteiger partial charge in [0.25, 0.3) is 0 Å². The number of ether oxygens (including phenoxy) is 1. The first-order chi connectivity index (χ1) is 11.6. The van der Waals surface area contributed by atoms with E-state index in [1.54, 1.807) is 0 Å². The van der Waals surface area contributed by atoms with Gasteiger partial charge in [-0.3, -0.25) is 0 Å². The fourth-order valence-corrected chi connectivity index (χ4v) is 3.92. The third-order valence-electron chi connectivity index (χ3n) is 4.77. The second kappa shape index (κ2) is 8.21. The van der Waals surface area contributed by atoms with Gasteiger partial charge in [0.1, 0.15) is 5.75 Å². The van der Waals surface area contributed by atoms with Gasteiger partial charge in [0.2, 0.25) is 0 Å². The molecule has 3 rings (SSSR count).